The Hall–Kier alpha value is -1.35. The van der Waals surface area contributed by atoms with Crippen molar-refractivity contribution in [2.45, 2.75) is 0 Å². The molecule has 5 heteroatoms. The highest BCUT2D eigenvalue weighted by molar-refractivity contribution is 5.72. The van der Waals surface area contributed by atoms with Gasteiger partial charge in [0.1, 0.15) is 0 Å². The summed E-state index contributed by atoms with van der Waals surface area (Å²) < 4.78 is 0. The third-order valence-electron chi connectivity index (χ3n) is 0.454. The molecule has 0 unspecified atom stereocenters. The van der Waals surface area contributed by atoms with E-state index in [-0.39, 0.29) is 6.03 Å². The third kappa shape index (κ3) is 20.5. The van der Waals surface area contributed by atoms with Gasteiger partial charge in [-0.05, 0) is 0 Å². The molecule has 0 aliphatic heterocycles. The molecule has 5 nitrogen and oxygen atoms in total. The number of urea groups is 1. The Kier molecular flexibility index (Phi) is 11.6. The first-order chi connectivity index (χ1) is 4.22. The topological polar surface area (TPSA) is 82.1 Å². The average Bonchev–Trinajstić information content (AvgIpc) is 1.88. The molecule has 0 bridgehead atoms. The highest BCUT2D eigenvalue weighted by Gasteiger charge is 1.81. The molecular formula is C4H9N3O2. The van der Waals surface area contributed by atoms with E-state index in [1.165, 1.54) is 0 Å². The molecule has 52 valence electrons. The van der Waals surface area contributed by atoms with Crippen LogP contribution in [0.3, 0.4) is 0 Å². The van der Waals surface area contributed by atoms with E-state index in [0.717, 1.165) is 6.08 Å². The Bertz CT molecular complexity index is 100. The van der Waals surface area contributed by atoms with Gasteiger partial charge in [-0.2, -0.15) is 0 Å². The number of hydrogen-bond acceptors (Lipinski definition) is 3. The van der Waals surface area contributed by atoms with Crippen molar-refractivity contribution < 1.29 is 9.59 Å². The first-order valence-electron chi connectivity index (χ1n) is 2.16. The van der Waals surface area contributed by atoms with Crippen molar-refractivity contribution >= 4 is 12.1 Å². The zero-order valence-corrected chi connectivity index (χ0v) is 5.32. The molecule has 0 aromatic carbocycles. The molecule has 0 saturated carbocycles. The van der Waals surface area contributed by atoms with Gasteiger partial charge in [0.25, 0.3) is 0 Å². The molecule has 0 spiro atoms. The first kappa shape index (κ1) is 10.6. The van der Waals surface area contributed by atoms with Crippen LogP contribution in [0.5, 0.6) is 0 Å². The lowest BCUT2D eigenvalue weighted by atomic mass is 11.0. The van der Waals surface area contributed by atoms with Gasteiger partial charge >= 0.3 is 6.03 Å². The number of isocyanates is 1. The fourth-order valence-electron chi connectivity index (χ4n) is 0.125. The Labute approximate surface area is 52.9 Å². The standard InChI is InChI=1S/C3H8N2O.CHNO/c1-4-3(6)5-2;2-1-3/h1-2H3,(H2,4,5,6);2H. The van der Waals surface area contributed by atoms with Gasteiger partial charge < -0.3 is 10.6 Å². The van der Waals surface area contributed by atoms with E-state index < -0.39 is 0 Å². The summed E-state index contributed by atoms with van der Waals surface area (Å²) in [4.78, 5) is 18.3. The van der Waals surface area contributed by atoms with Gasteiger partial charge in [-0.15, -0.1) is 0 Å². The van der Waals surface area contributed by atoms with E-state index in [1.54, 1.807) is 14.1 Å². The zero-order chi connectivity index (χ0) is 7.70. The predicted octanol–water partition coefficient (Wildman–Crippen LogP) is -0.554. The fraction of sp³-hybridized carbons (Fsp3) is 0.500. The molecule has 0 fully saturated rings. The highest BCUT2D eigenvalue weighted by atomic mass is 16.2. The van der Waals surface area contributed by atoms with Crippen LogP contribution in [-0.4, -0.2) is 26.2 Å². The smallest absolute Gasteiger partial charge is 0.314 e. The molecule has 3 N–H and O–H groups in total. The summed E-state index contributed by atoms with van der Waals surface area (Å²) in [5.41, 5.74) is 0. The second-order valence-corrected chi connectivity index (χ2v) is 0.931. The lowest BCUT2D eigenvalue weighted by Crippen LogP contribution is -2.28. The van der Waals surface area contributed by atoms with Gasteiger partial charge in [-0.1, -0.05) is 0 Å². The number of hydrogen-bond donors (Lipinski definition) is 3. The van der Waals surface area contributed by atoms with Crippen molar-refractivity contribution in [3.05, 3.63) is 0 Å². The molecule has 0 rings (SSSR count). The van der Waals surface area contributed by atoms with Crippen LogP contribution in [0.25, 0.3) is 0 Å². The number of amides is 2. The van der Waals surface area contributed by atoms with E-state index >= 15 is 0 Å². The zero-order valence-electron chi connectivity index (χ0n) is 5.32. The minimum Gasteiger partial charge on any atom is -0.341 e. The summed E-state index contributed by atoms with van der Waals surface area (Å²) in [6.07, 6.45) is 0.750. The molecule has 0 aliphatic rings. The minimum atomic E-state index is -0.157. The van der Waals surface area contributed by atoms with Crippen molar-refractivity contribution in [3.8, 4) is 0 Å². The van der Waals surface area contributed by atoms with Gasteiger partial charge in [-0.25, -0.2) is 15.0 Å². The van der Waals surface area contributed by atoms with Crippen molar-refractivity contribution in [2.24, 2.45) is 0 Å². The number of carbonyl (C=O) groups is 1. The van der Waals surface area contributed by atoms with Crippen molar-refractivity contribution in [2.75, 3.05) is 14.1 Å². The van der Waals surface area contributed by atoms with Crippen LogP contribution in [0.2, 0.25) is 0 Å². The fourth-order valence-corrected chi connectivity index (χ4v) is 0.125. The van der Waals surface area contributed by atoms with Crippen LogP contribution in [-0.2, 0) is 4.79 Å². The highest BCUT2D eigenvalue weighted by Crippen LogP contribution is 1.48. The molecular weight excluding hydrogens is 122 g/mol. The monoisotopic (exact) mass is 131 g/mol. The molecule has 0 radical (unpaired) electrons. The van der Waals surface area contributed by atoms with Gasteiger partial charge in [0, 0.05) is 14.1 Å². The van der Waals surface area contributed by atoms with Crippen LogP contribution < -0.4 is 10.6 Å². The second kappa shape index (κ2) is 9.82. The Balaban J connectivity index is 0. The first-order valence-corrected chi connectivity index (χ1v) is 2.16. The van der Waals surface area contributed by atoms with Crippen LogP contribution in [0.4, 0.5) is 4.79 Å². The Morgan fingerprint density at radius 2 is 1.67 bits per heavy atom. The summed E-state index contributed by atoms with van der Waals surface area (Å²) in [6.45, 7) is 0. The minimum absolute atomic E-state index is 0.157. The van der Waals surface area contributed by atoms with Crippen LogP contribution in [0, 0.1) is 5.41 Å². The SMILES string of the molecule is CNC(=O)NC.N=C=O. The number of carbonyl (C=O) groups excluding carboxylic acids is 2. The van der Waals surface area contributed by atoms with Gasteiger partial charge in [0.15, 0.2) is 0 Å². The molecule has 2 amide bonds. The average molecular weight is 131 g/mol. The van der Waals surface area contributed by atoms with Crippen molar-refractivity contribution in [1.82, 2.24) is 10.6 Å². The summed E-state index contributed by atoms with van der Waals surface area (Å²) in [5, 5.41) is 10.1. The quantitative estimate of drug-likeness (QED) is 0.304. The summed E-state index contributed by atoms with van der Waals surface area (Å²) in [7, 11) is 3.14. The molecule has 0 aromatic heterocycles. The number of rotatable bonds is 0. The van der Waals surface area contributed by atoms with E-state index in [4.69, 9.17) is 10.2 Å². The molecule has 0 aromatic rings. The maximum Gasteiger partial charge on any atom is 0.314 e. The van der Waals surface area contributed by atoms with Gasteiger partial charge in [0.05, 0.1) is 0 Å². The molecule has 0 saturated heterocycles. The van der Waals surface area contributed by atoms with Crippen LogP contribution in [0.15, 0.2) is 0 Å². The molecule has 9 heavy (non-hydrogen) atoms. The van der Waals surface area contributed by atoms with E-state index in [9.17, 15) is 4.79 Å². The molecule has 0 heterocycles. The maximum absolute atomic E-state index is 9.96. The Morgan fingerprint density at radius 3 is 1.67 bits per heavy atom. The predicted molar refractivity (Wildman–Crippen MR) is 31.9 cm³/mol. The molecule has 0 atom stereocenters. The van der Waals surface area contributed by atoms with Gasteiger partial charge in [-0.3, -0.25) is 0 Å². The maximum atomic E-state index is 9.96. The van der Waals surface area contributed by atoms with Crippen LogP contribution in [0.1, 0.15) is 0 Å². The van der Waals surface area contributed by atoms with Crippen molar-refractivity contribution in [1.29, 1.82) is 5.41 Å². The Morgan fingerprint density at radius 1 is 1.44 bits per heavy atom. The summed E-state index contributed by atoms with van der Waals surface area (Å²) in [6, 6.07) is -0.157. The second-order valence-electron chi connectivity index (χ2n) is 0.931. The van der Waals surface area contributed by atoms with Crippen molar-refractivity contribution in [3.63, 3.8) is 0 Å². The van der Waals surface area contributed by atoms with Gasteiger partial charge in [0.2, 0.25) is 6.08 Å². The molecule has 0 aliphatic carbocycles. The third-order valence-corrected chi connectivity index (χ3v) is 0.454. The largest absolute Gasteiger partial charge is 0.341 e. The number of nitrogens with one attached hydrogen (secondary N) is 3. The summed E-state index contributed by atoms with van der Waals surface area (Å²) in [5.74, 6) is 0. The summed E-state index contributed by atoms with van der Waals surface area (Å²) >= 11 is 0. The van der Waals surface area contributed by atoms with Crippen LogP contribution >= 0.6 is 0 Å². The lowest BCUT2D eigenvalue weighted by molar-refractivity contribution is 0.245. The van der Waals surface area contributed by atoms with E-state index in [2.05, 4.69) is 10.6 Å². The van der Waals surface area contributed by atoms with E-state index in [1.807, 2.05) is 0 Å². The van der Waals surface area contributed by atoms with E-state index in [0.29, 0.717) is 0 Å². The normalized spacial score (nSPS) is 5.56. The lowest BCUT2D eigenvalue weighted by Gasteiger charge is -1.91.